The highest BCUT2D eigenvalue weighted by Crippen LogP contribution is 2.23. The van der Waals surface area contributed by atoms with Crippen molar-refractivity contribution >= 4 is 27.5 Å². The van der Waals surface area contributed by atoms with Crippen LogP contribution in [0.15, 0.2) is 29.4 Å². The molecule has 0 aliphatic heterocycles. The minimum Gasteiger partial charge on any atom is -0.383 e. The Morgan fingerprint density at radius 1 is 1.36 bits per heavy atom. The number of amides is 1. The van der Waals surface area contributed by atoms with Crippen molar-refractivity contribution in [1.82, 2.24) is 14.3 Å². The average Bonchev–Trinajstić information content (AvgIpc) is 3.18. The molecule has 25 heavy (non-hydrogen) atoms. The SMILES string of the molecule is CCn1nccc1C(=O)N=c1sc2c(C)cc(C)cc2n1CCOC. The quantitative estimate of drug-likeness (QED) is 0.704. The zero-order chi connectivity index (χ0) is 18.0. The van der Waals surface area contributed by atoms with E-state index < -0.39 is 0 Å². The molecule has 0 radical (unpaired) electrons. The molecule has 1 aromatic carbocycles. The van der Waals surface area contributed by atoms with Crippen molar-refractivity contribution in [2.75, 3.05) is 13.7 Å². The zero-order valence-corrected chi connectivity index (χ0v) is 15.8. The van der Waals surface area contributed by atoms with Gasteiger partial charge in [0.1, 0.15) is 5.69 Å². The first kappa shape index (κ1) is 17.6. The lowest BCUT2D eigenvalue weighted by Crippen LogP contribution is -2.20. The third-order valence-corrected chi connectivity index (χ3v) is 5.30. The molecule has 132 valence electrons. The van der Waals surface area contributed by atoms with Gasteiger partial charge in [0, 0.05) is 26.4 Å². The van der Waals surface area contributed by atoms with Gasteiger partial charge in [-0.25, -0.2) is 0 Å². The highest BCUT2D eigenvalue weighted by Gasteiger charge is 2.13. The second-order valence-electron chi connectivity index (χ2n) is 5.91. The molecule has 0 aliphatic carbocycles. The van der Waals surface area contributed by atoms with Gasteiger partial charge in [-0.1, -0.05) is 17.4 Å². The van der Waals surface area contributed by atoms with E-state index in [1.807, 2.05) is 6.92 Å². The third-order valence-electron chi connectivity index (χ3n) is 4.07. The number of rotatable bonds is 5. The number of hydrogen-bond acceptors (Lipinski definition) is 4. The number of fused-ring (bicyclic) bond motifs is 1. The lowest BCUT2D eigenvalue weighted by Gasteiger charge is -2.06. The topological polar surface area (TPSA) is 61.4 Å². The second kappa shape index (κ2) is 7.33. The van der Waals surface area contributed by atoms with Gasteiger partial charge in [-0.05, 0) is 44.0 Å². The summed E-state index contributed by atoms with van der Waals surface area (Å²) in [7, 11) is 1.67. The van der Waals surface area contributed by atoms with Crippen molar-refractivity contribution < 1.29 is 9.53 Å². The second-order valence-corrected chi connectivity index (χ2v) is 6.89. The fraction of sp³-hybridized carbons (Fsp3) is 0.389. The predicted octanol–water partition coefficient (Wildman–Crippen LogP) is 2.92. The van der Waals surface area contributed by atoms with Gasteiger partial charge >= 0.3 is 0 Å². The number of benzene rings is 1. The molecule has 2 heterocycles. The molecule has 3 aromatic rings. The summed E-state index contributed by atoms with van der Waals surface area (Å²) >= 11 is 1.54. The van der Waals surface area contributed by atoms with Crippen LogP contribution in [0.3, 0.4) is 0 Å². The first-order valence-electron chi connectivity index (χ1n) is 8.25. The smallest absolute Gasteiger partial charge is 0.297 e. The molecule has 7 heteroatoms. The summed E-state index contributed by atoms with van der Waals surface area (Å²) in [5, 5.41) is 4.15. The van der Waals surface area contributed by atoms with Gasteiger partial charge < -0.3 is 9.30 Å². The fourth-order valence-electron chi connectivity index (χ4n) is 2.91. The fourth-order valence-corrected chi connectivity index (χ4v) is 4.01. The molecule has 0 aliphatic rings. The molecular weight excluding hydrogens is 336 g/mol. The van der Waals surface area contributed by atoms with Gasteiger partial charge in [0.15, 0.2) is 4.80 Å². The molecule has 0 bridgehead atoms. The number of aromatic nitrogens is 3. The van der Waals surface area contributed by atoms with Crippen LogP contribution in [0.2, 0.25) is 0 Å². The van der Waals surface area contributed by atoms with E-state index in [0.29, 0.717) is 30.2 Å². The van der Waals surface area contributed by atoms with E-state index in [9.17, 15) is 4.79 Å². The molecule has 0 atom stereocenters. The van der Waals surface area contributed by atoms with Crippen molar-refractivity contribution in [1.29, 1.82) is 0 Å². The predicted molar refractivity (Wildman–Crippen MR) is 99.0 cm³/mol. The maximum Gasteiger partial charge on any atom is 0.297 e. The van der Waals surface area contributed by atoms with Gasteiger partial charge in [-0.3, -0.25) is 9.48 Å². The van der Waals surface area contributed by atoms with Crippen LogP contribution in [0.25, 0.3) is 10.2 Å². The Hall–Kier alpha value is -2.25. The Morgan fingerprint density at radius 2 is 2.16 bits per heavy atom. The van der Waals surface area contributed by atoms with Crippen LogP contribution in [0.5, 0.6) is 0 Å². The number of carbonyl (C=O) groups is 1. The summed E-state index contributed by atoms with van der Waals surface area (Å²) in [6.45, 7) is 7.97. The molecule has 0 N–H and O–H groups in total. The van der Waals surface area contributed by atoms with E-state index in [-0.39, 0.29) is 5.91 Å². The van der Waals surface area contributed by atoms with Crippen molar-refractivity contribution in [3.63, 3.8) is 0 Å². The van der Waals surface area contributed by atoms with E-state index >= 15 is 0 Å². The summed E-state index contributed by atoms with van der Waals surface area (Å²) < 4.78 is 10.1. The zero-order valence-electron chi connectivity index (χ0n) is 14.9. The number of hydrogen-bond donors (Lipinski definition) is 0. The first-order chi connectivity index (χ1) is 12.0. The average molecular weight is 358 g/mol. The Balaban J connectivity index is 2.17. The molecule has 0 fully saturated rings. The van der Waals surface area contributed by atoms with Crippen LogP contribution in [-0.4, -0.2) is 34.0 Å². The summed E-state index contributed by atoms with van der Waals surface area (Å²) in [6, 6.07) is 5.99. The number of methoxy groups -OCH3 is 1. The highest BCUT2D eigenvalue weighted by atomic mass is 32.1. The molecule has 0 saturated carbocycles. The Kier molecular flexibility index (Phi) is 5.15. The molecule has 1 amide bonds. The van der Waals surface area contributed by atoms with E-state index in [4.69, 9.17) is 4.74 Å². The number of ether oxygens (including phenoxy) is 1. The number of thiazole rings is 1. The highest BCUT2D eigenvalue weighted by molar-refractivity contribution is 7.16. The molecule has 2 aromatic heterocycles. The van der Waals surface area contributed by atoms with E-state index in [0.717, 1.165) is 10.2 Å². The van der Waals surface area contributed by atoms with Crippen molar-refractivity contribution in [2.45, 2.75) is 33.9 Å². The van der Waals surface area contributed by atoms with E-state index in [1.54, 1.807) is 24.1 Å². The van der Waals surface area contributed by atoms with E-state index in [1.165, 1.54) is 22.5 Å². The first-order valence-corrected chi connectivity index (χ1v) is 9.07. The van der Waals surface area contributed by atoms with Gasteiger partial charge in [0.25, 0.3) is 5.91 Å². The van der Waals surface area contributed by atoms with Crippen LogP contribution < -0.4 is 4.80 Å². The van der Waals surface area contributed by atoms with Crippen molar-refractivity contribution in [2.24, 2.45) is 4.99 Å². The van der Waals surface area contributed by atoms with Crippen LogP contribution in [0.4, 0.5) is 0 Å². The molecule has 0 unspecified atom stereocenters. The van der Waals surface area contributed by atoms with Gasteiger partial charge in [-0.15, -0.1) is 0 Å². The van der Waals surface area contributed by atoms with Gasteiger partial charge in [0.05, 0.1) is 16.8 Å². The van der Waals surface area contributed by atoms with Gasteiger partial charge in [0.2, 0.25) is 0 Å². The third kappa shape index (κ3) is 3.43. The minimum absolute atomic E-state index is 0.272. The summed E-state index contributed by atoms with van der Waals surface area (Å²) in [5.74, 6) is -0.272. The summed E-state index contributed by atoms with van der Waals surface area (Å²) in [6.07, 6.45) is 1.63. The molecular formula is C18H22N4O2S. The maximum atomic E-state index is 12.6. The van der Waals surface area contributed by atoms with Crippen LogP contribution in [-0.2, 0) is 17.8 Å². The van der Waals surface area contributed by atoms with E-state index in [2.05, 4.69) is 40.6 Å². The van der Waals surface area contributed by atoms with Gasteiger partial charge in [-0.2, -0.15) is 10.1 Å². The number of carbonyl (C=O) groups excluding carboxylic acids is 1. The molecule has 3 rings (SSSR count). The van der Waals surface area contributed by atoms with Crippen LogP contribution in [0, 0.1) is 13.8 Å². The Bertz CT molecular complexity index is 981. The lowest BCUT2D eigenvalue weighted by atomic mass is 10.1. The lowest BCUT2D eigenvalue weighted by molar-refractivity contribution is 0.0987. The normalized spacial score (nSPS) is 12.2. The monoisotopic (exact) mass is 358 g/mol. The molecule has 0 saturated heterocycles. The van der Waals surface area contributed by atoms with Crippen molar-refractivity contribution in [3.05, 3.63) is 46.0 Å². The minimum atomic E-state index is -0.272. The van der Waals surface area contributed by atoms with Crippen LogP contribution in [0.1, 0.15) is 28.5 Å². The Morgan fingerprint density at radius 3 is 2.88 bits per heavy atom. The number of nitrogens with zero attached hydrogens (tertiary/aromatic N) is 4. The largest absolute Gasteiger partial charge is 0.383 e. The number of aryl methyl sites for hydroxylation is 3. The molecule has 6 nitrogen and oxygen atoms in total. The van der Waals surface area contributed by atoms with Crippen LogP contribution >= 0.6 is 11.3 Å². The van der Waals surface area contributed by atoms with Crippen molar-refractivity contribution in [3.8, 4) is 0 Å². The summed E-state index contributed by atoms with van der Waals surface area (Å²) in [5.41, 5.74) is 3.98. The standard InChI is InChI=1S/C18H22N4O2S/c1-5-22-14(6-7-19-22)17(23)20-18-21(8-9-24-4)15-11-12(2)10-13(3)16(15)25-18/h6-7,10-11H,5,8-9H2,1-4H3. The maximum absolute atomic E-state index is 12.6. The molecule has 0 spiro atoms. The Labute approximate surface area is 150 Å². The summed E-state index contributed by atoms with van der Waals surface area (Å²) in [4.78, 5) is 17.7.